The van der Waals surface area contributed by atoms with Crippen LogP contribution in [-0.2, 0) is 10.0 Å². The van der Waals surface area contributed by atoms with Crippen molar-refractivity contribution in [1.82, 2.24) is 4.31 Å². The van der Waals surface area contributed by atoms with E-state index >= 15 is 0 Å². The Morgan fingerprint density at radius 2 is 1.90 bits per heavy atom. The normalized spacial score (nSPS) is 20.0. The lowest BCUT2D eigenvalue weighted by Gasteiger charge is -2.24. The van der Waals surface area contributed by atoms with Crippen molar-refractivity contribution in [1.29, 1.82) is 0 Å². The highest BCUT2D eigenvalue weighted by molar-refractivity contribution is 7.89. The molecule has 1 fully saturated rings. The minimum Gasteiger partial charge on any atom is -0.384 e. The Labute approximate surface area is 128 Å². The van der Waals surface area contributed by atoms with Gasteiger partial charge in [0.1, 0.15) is 4.90 Å². The van der Waals surface area contributed by atoms with Gasteiger partial charge in [-0.25, -0.2) is 8.42 Å². The van der Waals surface area contributed by atoms with E-state index in [9.17, 15) is 8.42 Å². The van der Waals surface area contributed by atoms with E-state index in [0.717, 1.165) is 19.3 Å². The number of para-hydroxylation sites is 1. The van der Waals surface area contributed by atoms with Crippen LogP contribution in [-0.4, -0.2) is 32.4 Å². The Hall–Kier alpha value is -1.07. The summed E-state index contributed by atoms with van der Waals surface area (Å²) in [7, 11) is -3.42. The molecule has 1 saturated heterocycles. The number of hydrogen-bond donors (Lipinski definition) is 1. The maximum Gasteiger partial charge on any atom is 0.245 e. The van der Waals surface area contributed by atoms with Gasteiger partial charge in [-0.1, -0.05) is 26.0 Å². The average Bonchev–Trinajstić information content (AvgIpc) is 2.61. The quantitative estimate of drug-likeness (QED) is 0.928. The summed E-state index contributed by atoms with van der Waals surface area (Å²) in [5, 5.41) is 3.15. The Morgan fingerprint density at radius 1 is 1.19 bits per heavy atom. The van der Waals surface area contributed by atoms with Gasteiger partial charge < -0.3 is 5.32 Å². The van der Waals surface area contributed by atoms with Crippen molar-refractivity contribution in [3.63, 3.8) is 0 Å². The Balaban J connectivity index is 2.30. The first-order chi connectivity index (χ1) is 9.87. The molecule has 0 aliphatic carbocycles. The largest absolute Gasteiger partial charge is 0.384 e. The van der Waals surface area contributed by atoms with Crippen molar-refractivity contribution in [2.24, 2.45) is 5.41 Å². The fraction of sp³-hybridized carbons (Fsp3) is 0.625. The van der Waals surface area contributed by atoms with E-state index in [1.54, 1.807) is 16.4 Å². The van der Waals surface area contributed by atoms with Gasteiger partial charge in [-0.05, 0) is 43.7 Å². The molecule has 0 bridgehead atoms. The van der Waals surface area contributed by atoms with Crippen LogP contribution in [0.2, 0.25) is 0 Å². The molecule has 0 spiro atoms. The molecule has 0 unspecified atom stereocenters. The number of nitrogens with one attached hydrogen (secondary N) is 1. The van der Waals surface area contributed by atoms with Crippen LogP contribution in [0.15, 0.2) is 29.2 Å². The predicted molar refractivity (Wildman–Crippen MR) is 87.0 cm³/mol. The van der Waals surface area contributed by atoms with Gasteiger partial charge in [0.15, 0.2) is 0 Å². The Morgan fingerprint density at radius 3 is 2.62 bits per heavy atom. The van der Waals surface area contributed by atoms with E-state index in [0.29, 0.717) is 30.2 Å². The number of rotatable bonds is 4. The summed E-state index contributed by atoms with van der Waals surface area (Å²) in [4.78, 5) is 0.395. The van der Waals surface area contributed by atoms with Crippen molar-refractivity contribution in [2.45, 2.75) is 44.9 Å². The van der Waals surface area contributed by atoms with Crippen LogP contribution in [0.1, 0.15) is 40.0 Å². The summed E-state index contributed by atoms with van der Waals surface area (Å²) in [6.45, 7) is 8.34. The van der Waals surface area contributed by atoms with Gasteiger partial charge in [0.25, 0.3) is 0 Å². The molecular weight excluding hydrogens is 284 g/mol. The summed E-state index contributed by atoms with van der Waals surface area (Å²) in [5.74, 6) is 0. The number of benzene rings is 1. The monoisotopic (exact) mass is 310 g/mol. The van der Waals surface area contributed by atoms with E-state index in [1.807, 2.05) is 19.1 Å². The van der Waals surface area contributed by atoms with Gasteiger partial charge >= 0.3 is 0 Å². The summed E-state index contributed by atoms with van der Waals surface area (Å²) in [6, 6.07) is 7.18. The first-order valence-corrected chi connectivity index (χ1v) is 9.14. The van der Waals surface area contributed by atoms with Gasteiger partial charge in [0.05, 0.1) is 5.69 Å². The van der Waals surface area contributed by atoms with Crippen LogP contribution in [0.4, 0.5) is 5.69 Å². The van der Waals surface area contributed by atoms with Crippen LogP contribution in [0, 0.1) is 5.41 Å². The molecule has 2 rings (SSSR count). The highest BCUT2D eigenvalue weighted by Crippen LogP contribution is 2.33. The fourth-order valence-corrected chi connectivity index (χ4v) is 4.45. The zero-order chi connectivity index (χ0) is 15.5. The third-order valence-electron chi connectivity index (χ3n) is 4.17. The molecule has 4 nitrogen and oxygen atoms in total. The Kier molecular flexibility index (Phi) is 4.94. The third-order valence-corrected chi connectivity index (χ3v) is 6.13. The van der Waals surface area contributed by atoms with Crippen LogP contribution in [0.25, 0.3) is 0 Å². The second-order valence-corrected chi connectivity index (χ2v) is 8.35. The lowest BCUT2D eigenvalue weighted by Crippen LogP contribution is -2.33. The highest BCUT2D eigenvalue weighted by Gasteiger charge is 2.31. The molecule has 0 radical (unpaired) electrons. The third kappa shape index (κ3) is 3.77. The lowest BCUT2D eigenvalue weighted by molar-refractivity contribution is 0.315. The minimum atomic E-state index is -3.42. The molecule has 0 atom stereocenters. The van der Waals surface area contributed by atoms with Gasteiger partial charge in [0.2, 0.25) is 10.0 Å². The van der Waals surface area contributed by atoms with E-state index in [1.165, 1.54) is 0 Å². The highest BCUT2D eigenvalue weighted by atomic mass is 32.2. The summed E-state index contributed by atoms with van der Waals surface area (Å²) < 4.78 is 27.5. The zero-order valence-electron chi connectivity index (χ0n) is 13.2. The van der Waals surface area contributed by atoms with E-state index in [-0.39, 0.29) is 5.41 Å². The van der Waals surface area contributed by atoms with E-state index in [2.05, 4.69) is 19.2 Å². The molecule has 1 aromatic carbocycles. The van der Waals surface area contributed by atoms with Gasteiger partial charge in [-0.3, -0.25) is 0 Å². The maximum atomic E-state index is 12.9. The molecule has 118 valence electrons. The summed E-state index contributed by atoms with van der Waals surface area (Å²) in [6.07, 6.45) is 2.92. The fourth-order valence-electron chi connectivity index (χ4n) is 2.81. The van der Waals surface area contributed by atoms with Crippen molar-refractivity contribution in [3.8, 4) is 0 Å². The first-order valence-electron chi connectivity index (χ1n) is 7.70. The number of anilines is 1. The zero-order valence-corrected chi connectivity index (χ0v) is 14.0. The van der Waals surface area contributed by atoms with Crippen molar-refractivity contribution in [2.75, 3.05) is 25.0 Å². The standard InChI is InChI=1S/C16H26N2O2S/c1-4-17-14-8-5-6-9-15(14)21(19,20)18-12-7-10-16(2,3)11-13-18/h5-6,8-9,17H,4,7,10-13H2,1-3H3. The average molecular weight is 310 g/mol. The first kappa shape index (κ1) is 16.3. The summed E-state index contributed by atoms with van der Waals surface area (Å²) >= 11 is 0. The predicted octanol–water partition coefficient (Wildman–Crippen LogP) is 3.32. The van der Waals surface area contributed by atoms with Crippen LogP contribution in [0.5, 0.6) is 0 Å². The molecule has 0 aromatic heterocycles. The number of nitrogens with zero attached hydrogens (tertiary/aromatic N) is 1. The molecule has 0 saturated carbocycles. The van der Waals surface area contributed by atoms with Gasteiger partial charge in [0, 0.05) is 19.6 Å². The molecule has 1 heterocycles. The molecule has 5 heteroatoms. The van der Waals surface area contributed by atoms with Gasteiger partial charge in [-0.15, -0.1) is 0 Å². The second kappa shape index (κ2) is 6.36. The van der Waals surface area contributed by atoms with Crippen LogP contribution in [0.3, 0.4) is 0 Å². The van der Waals surface area contributed by atoms with Crippen molar-refractivity contribution < 1.29 is 8.42 Å². The second-order valence-electron chi connectivity index (χ2n) is 6.45. The smallest absolute Gasteiger partial charge is 0.245 e. The lowest BCUT2D eigenvalue weighted by atomic mass is 9.85. The molecule has 1 aliphatic rings. The molecule has 1 aliphatic heterocycles. The number of hydrogen-bond acceptors (Lipinski definition) is 3. The van der Waals surface area contributed by atoms with Crippen LogP contribution < -0.4 is 5.32 Å². The maximum absolute atomic E-state index is 12.9. The molecule has 1 aromatic rings. The van der Waals surface area contributed by atoms with Crippen molar-refractivity contribution >= 4 is 15.7 Å². The topological polar surface area (TPSA) is 49.4 Å². The molecule has 0 amide bonds. The van der Waals surface area contributed by atoms with E-state index < -0.39 is 10.0 Å². The van der Waals surface area contributed by atoms with Crippen molar-refractivity contribution in [3.05, 3.63) is 24.3 Å². The summed E-state index contributed by atoms with van der Waals surface area (Å²) in [5.41, 5.74) is 0.925. The minimum absolute atomic E-state index is 0.228. The SMILES string of the molecule is CCNc1ccccc1S(=O)(=O)N1CCCC(C)(C)CC1. The molecule has 1 N–H and O–H groups in total. The Bertz CT molecular complexity index is 582. The van der Waals surface area contributed by atoms with E-state index in [4.69, 9.17) is 0 Å². The molecule has 21 heavy (non-hydrogen) atoms. The number of sulfonamides is 1. The van der Waals surface area contributed by atoms with Crippen LogP contribution >= 0.6 is 0 Å². The molecular formula is C16H26N2O2S. The van der Waals surface area contributed by atoms with Gasteiger partial charge in [-0.2, -0.15) is 4.31 Å².